The lowest BCUT2D eigenvalue weighted by Gasteiger charge is -1.98. The fraction of sp³-hybridized carbons (Fsp3) is 0. The van der Waals surface area contributed by atoms with Gasteiger partial charge >= 0.3 is 11.9 Å². The fourth-order valence-corrected chi connectivity index (χ4v) is 2.26. The van der Waals surface area contributed by atoms with Crippen molar-refractivity contribution in [3.05, 3.63) is 87.0 Å². The molecule has 1 saturated heterocycles. The largest absolute Gasteiger partial charge is 0.386 e. The zero-order valence-electron chi connectivity index (χ0n) is 12.3. The summed E-state index contributed by atoms with van der Waals surface area (Å²) in [5, 5.41) is 10.7. The van der Waals surface area contributed by atoms with Crippen LogP contribution in [0.15, 0.2) is 65.7 Å². The lowest BCUT2D eigenvalue weighted by Crippen LogP contribution is -1.97. The molecule has 24 heavy (non-hydrogen) atoms. The topological polar surface area (TPSA) is 86.5 Å². The Labute approximate surface area is 136 Å². The molecular weight excluding hydrogens is 310 g/mol. The number of ether oxygens (including phenoxy) is 1. The molecule has 0 spiro atoms. The predicted molar refractivity (Wildman–Crippen MR) is 86.6 cm³/mol. The number of nitro benzene ring substituents is 1. The standard InChI is InChI=1S/C18H11NO5/c20-17-15(10-12-4-2-1-3-5-12)16(18(21)24-17)11-13-6-8-14(9-7-13)19(22)23/h1-11H/b15-10+,16-11+. The Morgan fingerprint density at radius 3 is 1.79 bits per heavy atom. The first kappa shape index (κ1) is 15.4. The summed E-state index contributed by atoms with van der Waals surface area (Å²) in [5.74, 6) is -1.45. The number of benzene rings is 2. The van der Waals surface area contributed by atoms with E-state index in [1.165, 1.54) is 30.3 Å². The van der Waals surface area contributed by atoms with Crippen molar-refractivity contribution in [2.75, 3.05) is 0 Å². The Hall–Kier alpha value is -3.54. The number of non-ortho nitro benzene ring substituents is 1. The van der Waals surface area contributed by atoms with Gasteiger partial charge in [0.1, 0.15) is 0 Å². The van der Waals surface area contributed by atoms with Crippen molar-refractivity contribution >= 4 is 29.8 Å². The van der Waals surface area contributed by atoms with E-state index in [0.717, 1.165) is 5.56 Å². The second kappa shape index (κ2) is 6.29. The van der Waals surface area contributed by atoms with Crippen molar-refractivity contribution in [1.29, 1.82) is 0 Å². The Balaban J connectivity index is 2.00. The molecule has 0 bridgehead atoms. The molecule has 0 unspecified atom stereocenters. The highest BCUT2D eigenvalue weighted by Crippen LogP contribution is 2.27. The monoisotopic (exact) mass is 321 g/mol. The summed E-state index contributed by atoms with van der Waals surface area (Å²) in [5.41, 5.74) is 1.54. The molecular formula is C18H11NO5. The normalized spacial score (nSPS) is 17.3. The number of rotatable bonds is 3. The molecule has 0 saturated carbocycles. The zero-order valence-corrected chi connectivity index (χ0v) is 12.3. The van der Waals surface area contributed by atoms with Crippen molar-refractivity contribution in [1.82, 2.24) is 0 Å². The summed E-state index contributed by atoms with van der Waals surface area (Å²) in [6.07, 6.45) is 3.05. The summed E-state index contributed by atoms with van der Waals surface area (Å²) >= 11 is 0. The maximum absolute atomic E-state index is 11.9. The van der Waals surface area contributed by atoms with E-state index in [0.29, 0.717) is 5.56 Å². The van der Waals surface area contributed by atoms with Gasteiger partial charge in [0.15, 0.2) is 0 Å². The van der Waals surface area contributed by atoms with Crippen LogP contribution in [0.25, 0.3) is 12.2 Å². The van der Waals surface area contributed by atoms with Crippen LogP contribution < -0.4 is 0 Å². The molecule has 0 atom stereocenters. The Bertz CT molecular complexity index is 879. The van der Waals surface area contributed by atoms with Crippen molar-refractivity contribution in [3.63, 3.8) is 0 Å². The van der Waals surface area contributed by atoms with Crippen LogP contribution in [0.5, 0.6) is 0 Å². The SMILES string of the molecule is O=C1OC(=O)C(=C/c2ccc([N+](=O)[O-])cc2)/C1=C\c1ccccc1. The summed E-state index contributed by atoms with van der Waals surface area (Å²) in [4.78, 5) is 34.0. The third kappa shape index (κ3) is 3.12. The number of nitro groups is 1. The van der Waals surface area contributed by atoms with Gasteiger partial charge in [0, 0.05) is 12.1 Å². The first-order valence-corrected chi connectivity index (χ1v) is 7.04. The smallest absolute Gasteiger partial charge is 0.346 e. The Kier molecular flexibility index (Phi) is 4.03. The molecule has 1 fully saturated rings. The molecule has 3 rings (SSSR count). The average molecular weight is 321 g/mol. The lowest BCUT2D eigenvalue weighted by atomic mass is 10.0. The van der Waals surface area contributed by atoms with Crippen LogP contribution in [-0.4, -0.2) is 16.9 Å². The van der Waals surface area contributed by atoms with E-state index in [9.17, 15) is 19.7 Å². The first-order chi connectivity index (χ1) is 11.5. The lowest BCUT2D eigenvalue weighted by molar-refractivity contribution is -0.384. The molecule has 1 aliphatic heterocycles. The number of carbonyl (C=O) groups excluding carboxylic acids is 2. The van der Waals surface area contributed by atoms with E-state index < -0.39 is 16.9 Å². The minimum absolute atomic E-state index is 0.0534. The highest BCUT2D eigenvalue weighted by Gasteiger charge is 2.33. The minimum atomic E-state index is -0.736. The van der Waals surface area contributed by atoms with Gasteiger partial charge in [-0.3, -0.25) is 10.1 Å². The van der Waals surface area contributed by atoms with Crippen LogP contribution in [0, 0.1) is 10.1 Å². The Morgan fingerprint density at radius 2 is 1.29 bits per heavy atom. The van der Waals surface area contributed by atoms with Gasteiger partial charge < -0.3 is 4.74 Å². The molecule has 6 nitrogen and oxygen atoms in total. The van der Waals surface area contributed by atoms with Crippen LogP contribution in [0.3, 0.4) is 0 Å². The molecule has 6 heteroatoms. The molecule has 1 aliphatic rings. The van der Waals surface area contributed by atoms with Crippen LogP contribution in [0.4, 0.5) is 5.69 Å². The van der Waals surface area contributed by atoms with Crippen LogP contribution in [0.2, 0.25) is 0 Å². The summed E-state index contributed by atoms with van der Waals surface area (Å²) < 4.78 is 4.67. The number of hydrogen-bond acceptors (Lipinski definition) is 5. The molecule has 2 aromatic rings. The summed E-state index contributed by atoms with van der Waals surface area (Å²) in [6, 6.07) is 14.7. The number of cyclic esters (lactones) is 2. The molecule has 0 amide bonds. The summed E-state index contributed by atoms with van der Waals surface area (Å²) in [7, 11) is 0. The maximum atomic E-state index is 11.9. The van der Waals surface area contributed by atoms with Crippen molar-refractivity contribution in [2.24, 2.45) is 0 Å². The Morgan fingerprint density at radius 1 is 0.792 bits per heavy atom. The third-order valence-electron chi connectivity index (χ3n) is 3.44. The molecule has 0 radical (unpaired) electrons. The van der Waals surface area contributed by atoms with E-state index in [4.69, 9.17) is 0 Å². The predicted octanol–water partition coefficient (Wildman–Crippen LogP) is 3.15. The van der Waals surface area contributed by atoms with E-state index in [2.05, 4.69) is 4.74 Å². The van der Waals surface area contributed by atoms with E-state index in [1.54, 1.807) is 18.2 Å². The zero-order chi connectivity index (χ0) is 17.1. The van der Waals surface area contributed by atoms with Crippen molar-refractivity contribution in [2.45, 2.75) is 0 Å². The van der Waals surface area contributed by atoms with Gasteiger partial charge in [0.05, 0.1) is 16.1 Å². The number of esters is 2. The fourth-order valence-electron chi connectivity index (χ4n) is 2.26. The van der Waals surface area contributed by atoms with Gasteiger partial charge in [-0.1, -0.05) is 30.3 Å². The van der Waals surface area contributed by atoms with Gasteiger partial charge in [0.25, 0.3) is 5.69 Å². The van der Waals surface area contributed by atoms with Gasteiger partial charge in [-0.2, -0.15) is 0 Å². The first-order valence-electron chi connectivity index (χ1n) is 7.04. The van der Waals surface area contributed by atoms with E-state index in [-0.39, 0.29) is 16.8 Å². The van der Waals surface area contributed by atoms with Gasteiger partial charge in [-0.15, -0.1) is 0 Å². The number of nitrogens with zero attached hydrogens (tertiary/aromatic N) is 1. The number of carbonyl (C=O) groups is 2. The highest BCUT2D eigenvalue weighted by atomic mass is 16.6. The molecule has 2 aromatic carbocycles. The van der Waals surface area contributed by atoms with E-state index in [1.807, 2.05) is 18.2 Å². The van der Waals surface area contributed by atoms with Crippen LogP contribution >= 0.6 is 0 Å². The van der Waals surface area contributed by atoms with Crippen LogP contribution in [0.1, 0.15) is 11.1 Å². The van der Waals surface area contributed by atoms with Crippen LogP contribution in [-0.2, 0) is 14.3 Å². The number of hydrogen-bond donors (Lipinski definition) is 0. The molecule has 118 valence electrons. The van der Waals surface area contributed by atoms with Gasteiger partial charge in [-0.05, 0) is 35.4 Å². The maximum Gasteiger partial charge on any atom is 0.346 e. The van der Waals surface area contributed by atoms with Gasteiger partial charge in [-0.25, -0.2) is 9.59 Å². The summed E-state index contributed by atoms with van der Waals surface area (Å²) in [6.45, 7) is 0. The quantitative estimate of drug-likeness (QED) is 0.285. The molecule has 0 aromatic heterocycles. The minimum Gasteiger partial charge on any atom is -0.386 e. The molecule has 0 aliphatic carbocycles. The van der Waals surface area contributed by atoms with Crippen molar-refractivity contribution < 1.29 is 19.2 Å². The van der Waals surface area contributed by atoms with Gasteiger partial charge in [0.2, 0.25) is 0 Å². The highest BCUT2D eigenvalue weighted by molar-refractivity contribution is 6.22. The molecule has 0 N–H and O–H groups in total. The van der Waals surface area contributed by atoms with E-state index >= 15 is 0 Å². The third-order valence-corrected chi connectivity index (χ3v) is 3.44. The van der Waals surface area contributed by atoms with Crippen molar-refractivity contribution in [3.8, 4) is 0 Å². The average Bonchev–Trinajstić information content (AvgIpc) is 2.83. The second-order valence-corrected chi connectivity index (χ2v) is 5.05. The second-order valence-electron chi connectivity index (χ2n) is 5.05. The molecule has 1 heterocycles.